The minimum Gasteiger partial charge on any atom is -0.336 e. The molecule has 6 rings (SSSR count). The van der Waals surface area contributed by atoms with Crippen molar-refractivity contribution in [3.63, 3.8) is 0 Å². The molecule has 1 saturated heterocycles. The van der Waals surface area contributed by atoms with E-state index in [1.54, 1.807) is 40.8 Å². The molecule has 8 nitrogen and oxygen atoms in total. The number of aromatic nitrogens is 5. The average molecular weight is 606 g/mol. The summed E-state index contributed by atoms with van der Waals surface area (Å²) in [6, 6.07) is 15.6. The number of halogens is 3. The van der Waals surface area contributed by atoms with Crippen molar-refractivity contribution in [3.05, 3.63) is 84.1 Å². The average Bonchev–Trinajstić information content (AvgIpc) is 3.66. The van der Waals surface area contributed by atoms with Gasteiger partial charge in [0.25, 0.3) is 11.8 Å². The monoisotopic (exact) mass is 605 g/mol. The topological polar surface area (TPSA) is 72.1 Å². The van der Waals surface area contributed by atoms with Gasteiger partial charge in [0.15, 0.2) is 0 Å². The first kappa shape index (κ1) is 30.1. The molecule has 0 radical (unpaired) electrons. The van der Waals surface area contributed by atoms with Gasteiger partial charge in [-0.1, -0.05) is 18.6 Å². The van der Waals surface area contributed by atoms with Crippen LogP contribution in [-0.4, -0.2) is 71.6 Å². The first-order chi connectivity index (χ1) is 21.0. The summed E-state index contributed by atoms with van der Waals surface area (Å²) in [5.41, 5.74) is 2.67. The van der Waals surface area contributed by atoms with E-state index in [2.05, 4.69) is 34.2 Å². The van der Waals surface area contributed by atoms with Crippen LogP contribution in [0.2, 0.25) is 0 Å². The maximum Gasteiger partial charge on any atom is 0.255 e. The molecule has 4 aromatic rings. The molecule has 11 heteroatoms. The SMILES string of the molecule is C[C@@H]1CN(C(=O)c2ccc(-n3nccc3-c3ccc(F)cc3)cc2)C[C@H](C)N1Cc1cn(CC2(C)CCCCC2(F)F)nn1. The minimum absolute atomic E-state index is 0.0401. The van der Waals surface area contributed by atoms with E-state index in [-0.39, 0.29) is 36.8 Å². The Kier molecular flexibility index (Phi) is 8.08. The van der Waals surface area contributed by atoms with Crippen molar-refractivity contribution >= 4 is 5.91 Å². The molecule has 44 heavy (non-hydrogen) atoms. The van der Waals surface area contributed by atoms with Crippen LogP contribution in [0.15, 0.2) is 67.0 Å². The predicted octanol–water partition coefficient (Wildman–Crippen LogP) is 6.22. The van der Waals surface area contributed by atoms with Crippen LogP contribution in [0.3, 0.4) is 0 Å². The third kappa shape index (κ3) is 5.89. The van der Waals surface area contributed by atoms with Crippen LogP contribution in [0.1, 0.15) is 62.5 Å². The summed E-state index contributed by atoms with van der Waals surface area (Å²) >= 11 is 0. The molecule has 2 aromatic heterocycles. The molecule has 3 heterocycles. The van der Waals surface area contributed by atoms with Gasteiger partial charge in [-0.15, -0.1) is 5.10 Å². The van der Waals surface area contributed by atoms with Gasteiger partial charge in [0.1, 0.15) is 5.82 Å². The van der Waals surface area contributed by atoms with Gasteiger partial charge < -0.3 is 4.90 Å². The van der Waals surface area contributed by atoms with Crippen LogP contribution in [0.4, 0.5) is 13.2 Å². The zero-order valence-corrected chi connectivity index (χ0v) is 25.3. The van der Waals surface area contributed by atoms with Crippen LogP contribution in [-0.2, 0) is 13.1 Å². The molecule has 3 atom stereocenters. The number of carbonyl (C=O) groups is 1. The summed E-state index contributed by atoms with van der Waals surface area (Å²) in [6.45, 7) is 7.61. The van der Waals surface area contributed by atoms with Crippen LogP contribution < -0.4 is 0 Å². The first-order valence-electron chi connectivity index (χ1n) is 15.3. The molecule has 0 spiro atoms. The predicted molar refractivity (Wildman–Crippen MR) is 161 cm³/mol. The number of hydrogen-bond donors (Lipinski definition) is 0. The largest absolute Gasteiger partial charge is 0.336 e. The lowest BCUT2D eigenvalue weighted by Crippen LogP contribution is -2.57. The highest BCUT2D eigenvalue weighted by Crippen LogP contribution is 2.48. The van der Waals surface area contributed by atoms with Gasteiger partial charge in [0.05, 0.1) is 35.2 Å². The summed E-state index contributed by atoms with van der Waals surface area (Å²) in [6.07, 6.45) is 5.24. The molecular formula is C33H38F3N7O. The highest BCUT2D eigenvalue weighted by Gasteiger charge is 2.51. The van der Waals surface area contributed by atoms with Crippen molar-refractivity contribution in [2.75, 3.05) is 13.1 Å². The lowest BCUT2D eigenvalue weighted by atomic mass is 9.72. The Morgan fingerprint density at radius 3 is 2.32 bits per heavy atom. The number of amides is 1. The van der Waals surface area contributed by atoms with Gasteiger partial charge >= 0.3 is 0 Å². The first-order valence-corrected chi connectivity index (χ1v) is 15.3. The summed E-state index contributed by atoms with van der Waals surface area (Å²) < 4.78 is 46.2. The number of hydrogen-bond acceptors (Lipinski definition) is 5. The van der Waals surface area contributed by atoms with E-state index < -0.39 is 11.3 Å². The van der Waals surface area contributed by atoms with Crippen molar-refractivity contribution in [2.45, 2.75) is 77.6 Å². The van der Waals surface area contributed by atoms with Crippen LogP contribution >= 0.6 is 0 Å². The summed E-state index contributed by atoms with van der Waals surface area (Å²) in [4.78, 5) is 17.7. The molecule has 1 aliphatic carbocycles. The number of rotatable bonds is 7. The Morgan fingerprint density at radius 1 is 0.955 bits per heavy atom. The molecule has 232 valence electrons. The molecule has 1 unspecified atom stereocenters. The smallest absolute Gasteiger partial charge is 0.255 e. The van der Waals surface area contributed by atoms with Crippen LogP contribution in [0.5, 0.6) is 0 Å². The van der Waals surface area contributed by atoms with Crippen molar-refractivity contribution in [1.29, 1.82) is 0 Å². The number of nitrogens with zero attached hydrogens (tertiary/aromatic N) is 7. The molecule has 2 fully saturated rings. The van der Waals surface area contributed by atoms with E-state index in [4.69, 9.17) is 0 Å². The highest BCUT2D eigenvalue weighted by molar-refractivity contribution is 5.94. The van der Waals surface area contributed by atoms with E-state index in [0.29, 0.717) is 38.0 Å². The fraction of sp³-hybridized carbons (Fsp3) is 0.455. The minimum atomic E-state index is -2.71. The van der Waals surface area contributed by atoms with Crippen LogP contribution in [0.25, 0.3) is 16.9 Å². The summed E-state index contributed by atoms with van der Waals surface area (Å²) in [5, 5.41) is 12.9. The fourth-order valence-electron chi connectivity index (χ4n) is 6.68. The Balaban J connectivity index is 1.08. The third-order valence-corrected chi connectivity index (χ3v) is 9.32. The van der Waals surface area contributed by atoms with Gasteiger partial charge in [0, 0.05) is 55.5 Å². The lowest BCUT2D eigenvalue weighted by molar-refractivity contribution is -0.149. The van der Waals surface area contributed by atoms with Gasteiger partial charge in [-0.05, 0) is 81.3 Å². The Bertz CT molecular complexity index is 1590. The van der Waals surface area contributed by atoms with Crippen molar-refractivity contribution in [3.8, 4) is 16.9 Å². The quantitative estimate of drug-likeness (QED) is 0.250. The molecular weight excluding hydrogens is 567 g/mol. The second-order valence-electron chi connectivity index (χ2n) is 12.6. The maximum atomic E-state index is 14.7. The van der Waals surface area contributed by atoms with Crippen molar-refractivity contribution in [2.24, 2.45) is 5.41 Å². The molecule has 0 N–H and O–H groups in total. The molecule has 1 amide bonds. The zero-order chi connectivity index (χ0) is 31.1. The van der Waals surface area contributed by atoms with E-state index in [1.807, 2.05) is 35.2 Å². The van der Waals surface area contributed by atoms with Gasteiger partial charge in [-0.25, -0.2) is 17.9 Å². The standard InChI is InChI=1S/C33H38F3N7O/c1-23-18-40(19-24(2)42(23)21-28-20-41(39-38-28)22-32(3)15-4-5-16-33(32,35)36)31(44)26-8-12-29(13-9-26)43-30(14-17-37-43)25-6-10-27(34)11-7-25/h6-14,17,20,23-24H,4-5,15-16,18-19,21-22H2,1-3H3/t23-,24+,32?. The second kappa shape index (κ2) is 11.8. The normalized spacial score (nSPS) is 24.0. The second-order valence-corrected chi connectivity index (χ2v) is 12.6. The number of alkyl halides is 2. The van der Waals surface area contributed by atoms with Gasteiger partial charge in [-0.3, -0.25) is 14.4 Å². The maximum absolute atomic E-state index is 14.7. The fourth-order valence-corrected chi connectivity index (χ4v) is 6.68. The Labute approximate surface area is 255 Å². The molecule has 2 aliphatic rings. The van der Waals surface area contributed by atoms with Crippen LogP contribution in [0, 0.1) is 11.2 Å². The number of carbonyl (C=O) groups excluding carboxylic acids is 1. The molecule has 0 bridgehead atoms. The number of benzene rings is 2. The van der Waals surface area contributed by atoms with Gasteiger partial charge in [0.2, 0.25) is 0 Å². The Morgan fingerprint density at radius 2 is 1.64 bits per heavy atom. The van der Waals surface area contributed by atoms with E-state index in [0.717, 1.165) is 29.1 Å². The van der Waals surface area contributed by atoms with Crippen molar-refractivity contribution in [1.82, 2.24) is 34.6 Å². The molecule has 2 aromatic carbocycles. The van der Waals surface area contributed by atoms with E-state index in [1.165, 1.54) is 12.1 Å². The molecule has 1 aliphatic heterocycles. The summed E-state index contributed by atoms with van der Waals surface area (Å²) in [7, 11) is 0. The molecule has 1 saturated carbocycles. The third-order valence-electron chi connectivity index (χ3n) is 9.32. The summed E-state index contributed by atoms with van der Waals surface area (Å²) in [5.74, 6) is -3.05. The lowest BCUT2D eigenvalue weighted by Gasteiger charge is -2.44. The highest BCUT2D eigenvalue weighted by atomic mass is 19.3. The number of piperazine rings is 1. The van der Waals surface area contributed by atoms with Gasteiger partial charge in [-0.2, -0.15) is 5.10 Å². The van der Waals surface area contributed by atoms with E-state index in [9.17, 15) is 18.0 Å². The Hall–Kier alpha value is -3.99. The van der Waals surface area contributed by atoms with Crippen molar-refractivity contribution < 1.29 is 18.0 Å². The van der Waals surface area contributed by atoms with E-state index >= 15 is 0 Å². The zero-order valence-electron chi connectivity index (χ0n) is 25.3.